The van der Waals surface area contributed by atoms with E-state index in [0.29, 0.717) is 5.75 Å². The number of benzene rings is 1. The predicted molar refractivity (Wildman–Crippen MR) is 64.1 cm³/mol. The van der Waals surface area contributed by atoms with Gasteiger partial charge in [-0.05, 0) is 18.2 Å². The van der Waals surface area contributed by atoms with Crippen LogP contribution in [0, 0.1) is 25.7 Å². The summed E-state index contributed by atoms with van der Waals surface area (Å²) < 4.78 is 5.35. The largest absolute Gasteiger partial charge is 0.508 e. The molecule has 2 rings (SSSR count). The molecule has 0 aliphatic carbocycles. The molecule has 0 spiro atoms. The van der Waals surface area contributed by atoms with Crippen molar-refractivity contribution in [3.8, 4) is 37.2 Å². The Bertz CT molecular complexity index is 336. The smallest absolute Gasteiger partial charge is 0.133 e. The first-order chi connectivity index (χ1) is 7.36. The van der Waals surface area contributed by atoms with E-state index in [2.05, 4.69) is 25.7 Å². The first-order valence-electron chi connectivity index (χ1n) is 4.11. The van der Waals surface area contributed by atoms with Gasteiger partial charge in [-0.2, -0.15) is 0 Å². The second-order valence-corrected chi connectivity index (χ2v) is 3.46. The fourth-order valence-corrected chi connectivity index (χ4v) is 1.89. The first kappa shape index (κ1) is 13.3. The van der Waals surface area contributed by atoms with E-state index in [4.69, 9.17) is 9.84 Å². The second-order valence-electron chi connectivity index (χ2n) is 2.33. The van der Waals surface area contributed by atoms with Crippen molar-refractivity contribution in [2.75, 3.05) is 12.4 Å². The molecule has 0 saturated carbocycles. The highest BCUT2D eigenvalue weighted by atomic mass is 32.2. The third-order valence-corrected chi connectivity index (χ3v) is 2.53. The number of thioether (sulfide) groups is 1. The predicted octanol–water partition coefficient (Wildman–Crippen LogP) is 2.38. The Kier molecular flexibility index (Phi) is 6.80. The summed E-state index contributed by atoms with van der Waals surface area (Å²) in [5.74, 6) is 2.16. The summed E-state index contributed by atoms with van der Waals surface area (Å²) in [4.78, 5) is 1.04. The lowest BCUT2D eigenvalue weighted by Gasteiger charge is -2.15. The molecule has 15 heavy (non-hydrogen) atoms. The van der Waals surface area contributed by atoms with Crippen LogP contribution in [-0.4, -0.2) is 17.5 Å². The highest BCUT2D eigenvalue weighted by molar-refractivity contribution is 7.99. The number of fused-ring (bicyclic) bond motifs is 1. The van der Waals surface area contributed by atoms with Crippen molar-refractivity contribution >= 4 is 11.8 Å². The number of aromatic hydroxyl groups is 1. The summed E-state index contributed by atoms with van der Waals surface area (Å²) in [6.45, 7) is 0.766. The number of phenols is 1. The van der Waals surface area contributed by atoms with E-state index in [1.165, 1.54) is 0 Å². The number of hydrogen-bond donors (Lipinski definition) is 1. The highest BCUT2D eigenvalue weighted by Gasteiger charge is 2.10. The molecular weight excluding hydrogens is 208 g/mol. The molecule has 0 atom stereocenters. The number of rotatable bonds is 0. The van der Waals surface area contributed by atoms with Crippen LogP contribution in [0.25, 0.3) is 0 Å². The molecule has 1 heterocycles. The van der Waals surface area contributed by atoms with E-state index >= 15 is 0 Å². The molecular formula is C12H12O2S. The van der Waals surface area contributed by atoms with Crippen molar-refractivity contribution in [1.29, 1.82) is 0 Å². The zero-order valence-electron chi connectivity index (χ0n) is 8.22. The fourth-order valence-electron chi connectivity index (χ4n) is 1.03. The molecule has 0 radical (unpaired) electrons. The molecule has 0 saturated heterocycles. The maximum Gasteiger partial charge on any atom is 0.133 e. The van der Waals surface area contributed by atoms with Gasteiger partial charge >= 0.3 is 0 Å². The summed E-state index contributed by atoms with van der Waals surface area (Å²) >= 11 is 1.72. The monoisotopic (exact) mass is 220 g/mol. The molecule has 0 amide bonds. The molecule has 0 aromatic heterocycles. The minimum atomic E-state index is 0.307. The quantitative estimate of drug-likeness (QED) is 0.681. The van der Waals surface area contributed by atoms with Gasteiger partial charge in [-0.25, -0.2) is 0 Å². The van der Waals surface area contributed by atoms with Crippen molar-refractivity contribution in [2.45, 2.75) is 4.90 Å². The average molecular weight is 220 g/mol. The molecule has 0 unspecified atom stereocenters. The average Bonchev–Trinajstić information content (AvgIpc) is 2.34. The van der Waals surface area contributed by atoms with Crippen molar-refractivity contribution in [2.24, 2.45) is 0 Å². The molecule has 1 N–H and O–H groups in total. The van der Waals surface area contributed by atoms with E-state index in [9.17, 15) is 0 Å². The summed E-state index contributed by atoms with van der Waals surface area (Å²) in [5.41, 5.74) is 0. The van der Waals surface area contributed by atoms with Crippen molar-refractivity contribution in [1.82, 2.24) is 0 Å². The summed E-state index contributed by atoms with van der Waals surface area (Å²) in [5, 5.41) is 9.12. The number of terminal acetylenes is 2. The van der Waals surface area contributed by atoms with Crippen LogP contribution in [0.2, 0.25) is 0 Å². The maximum absolute atomic E-state index is 9.12. The van der Waals surface area contributed by atoms with Gasteiger partial charge in [0.15, 0.2) is 0 Å². The zero-order valence-corrected chi connectivity index (χ0v) is 9.04. The topological polar surface area (TPSA) is 29.5 Å². The Morgan fingerprint density at radius 2 is 1.87 bits per heavy atom. The van der Waals surface area contributed by atoms with Crippen LogP contribution >= 0.6 is 11.8 Å². The summed E-state index contributed by atoms with van der Waals surface area (Å²) in [6.07, 6.45) is 16.0. The van der Waals surface area contributed by atoms with Crippen LogP contribution in [0.15, 0.2) is 23.1 Å². The molecule has 0 fully saturated rings. The van der Waals surface area contributed by atoms with Gasteiger partial charge < -0.3 is 9.84 Å². The Morgan fingerprint density at radius 1 is 1.20 bits per heavy atom. The van der Waals surface area contributed by atoms with Crippen molar-refractivity contribution < 1.29 is 9.84 Å². The number of ether oxygens (including phenoxy) is 1. The molecule has 0 bridgehead atoms. The molecule has 1 aliphatic rings. The van der Waals surface area contributed by atoms with Crippen LogP contribution in [0.4, 0.5) is 0 Å². The molecule has 1 aliphatic heterocycles. The van der Waals surface area contributed by atoms with Gasteiger partial charge in [0.2, 0.25) is 0 Å². The summed E-state index contributed by atoms with van der Waals surface area (Å²) in [6, 6.07) is 5.18. The molecule has 78 valence electrons. The Labute approximate surface area is 94.7 Å². The maximum atomic E-state index is 9.12. The standard InChI is InChI=1S/C8H8O2S.2C2H2/c9-6-1-2-7-8(5-6)11-4-3-10-7;2*1-2/h1-2,5,9H,3-4H2;2*1-2H. The van der Waals surface area contributed by atoms with Crippen LogP contribution in [0.1, 0.15) is 0 Å². The first-order valence-corrected chi connectivity index (χ1v) is 5.10. The van der Waals surface area contributed by atoms with Gasteiger partial charge in [-0.1, -0.05) is 0 Å². The van der Waals surface area contributed by atoms with Crippen molar-refractivity contribution in [3.05, 3.63) is 18.2 Å². The highest BCUT2D eigenvalue weighted by Crippen LogP contribution is 2.35. The van der Waals surface area contributed by atoms with E-state index in [1.54, 1.807) is 30.0 Å². The minimum absolute atomic E-state index is 0.307. The Morgan fingerprint density at radius 3 is 2.53 bits per heavy atom. The molecule has 1 aromatic rings. The van der Waals surface area contributed by atoms with Gasteiger partial charge in [0.1, 0.15) is 11.5 Å². The molecule has 2 nitrogen and oxygen atoms in total. The SMILES string of the molecule is C#C.C#C.Oc1ccc2c(c1)SCCO2. The Hall–Kier alpha value is -1.71. The summed E-state index contributed by atoms with van der Waals surface area (Å²) in [7, 11) is 0. The second kappa shape index (κ2) is 7.67. The third kappa shape index (κ3) is 3.89. The number of hydrogen-bond acceptors (Lipinski definition) is 3. The van der Waals surface area contributed by atoms with Crippen LogP contribution in [0.5, 0.6) is 11.5 Å². The van der Waals surface area contributed by atoms with E-state index < -0.39 is 0 Å². The van der Waals surface area contributed by atoms with Crippen LogP contribution in [0.3, 0.4) is 0 Å². The van der Waals surface area contributed by atoms with Gasteiger partial charge in [0.25, 0.3) is 0 Å². The lowest BCUT2D eigenvalue weighted by atomic mass is 10.3. The van der Waals surface area contributed by atoms with Gasteiger partial charge in [0.05, 0.1) is 11.5 Å². The van der Waals surface area contributed by atoms with E-state index in [1.807, 2.05) is 0 Å². The van der Waals surface area contributed by atoms with E-state index in [-0.39, 0.29) is 0 Å². The Balaban J connectivity index is 0.000000442. The van der Waals surface area contributed by atoms with E-state index in [0.717, 1.165) is 23.0 Å². The number of phenolic OH excluding ortho intramolecular Hbond substituents is 1. The van der Waals surface area contributed by atoms with Gasteiger partial charge in [-0.15, -0.1) is 37.5 Å². The van der Waals surface area contributed by atoms with Crippen LogP contribution < -0.4 is 4.74 Å². The lowest BCUT2D eigenvalue weighted by molar-refractivity contribution is 0.328. The lowest BCUT2D eigenvalue weighted by Crippen LogP contribution is -2.05. The fraction of sp³-hybridized carbons (Fsp3) is 0.167. The third-order valence-electron chi connectivity index (χ3n) is 1.53. The van der Waals surface area contributed by atoms with Gasteiger partial charge in [-0.3, -0.25) is 0 Å². The zero-order chi connectivity index (χ0) is 11.7. The normalized spacial score (nSPS) is 11.5. The van der Waals surface area contributed by atoms with Gasteiger partial charge in [0, 0.05) is 5.75 Å². The van der Waals surface area contributed by atoms with Crippen molar-refractivity contribution in [3.63, 3.8) is 0 Å². The van der Waals surface area contributed by atoms with Crippen LogP contribution in [-0.2, 0) is 0 Å². The molecule has 1 aromatic carbocycles. The molecule has 3 heteroatoms. The minimum Gasteiger partial charge on any atom is -0.508 e.